The summed E-state index contributed by atoms with van der Waals surface area (Å²) < 4.78 is 5.67. The first-order chi connectivity index (χ1) is 14.6. The van der Waals surface area contributed by atoms with E-state index in [1.165, 1.54) is 11.8 Å². The number of ether oxygens (including phenoxy) is 1. The predicted octanol–water partition coefficient (Wildman–Crippen LogP) is 3.29. The molecular weight excluding hydrogens is 420 g/mol. The van der Waals surface area contributed by atoms with Crippen molar-refractivity contribution < 1.29 is 14.3 Å². The minimum atomic E-state index is -1.06. The van der Waals surface area contributed by atoms with Gasteiger partial charge < -0.3 is 15.0 Å². The van der Waals surface area contributed by atoms with Crippen LogP contribution in [0.15, 0.2) is 64.4 Å². The van der Waals surface area contributed by atoms with Crippen molar-refractivity contribution in [1.29, 1.82) is 0 Å². The molecule has 0 saturated heterocycles. The summed E-state index contributed by atoms with van der Waals surface area (Å²) >= 11 is 2.51. The molecule has 0 radical (unpaired) electrons. The van der Waals surface area contributed by atoms with Crippen LogP contribution in [0.3, 0.4) is 0 Å². The topological polar surface area (TPSA) is 88.3 Å². The largest absolute Gasteiger partial charge is 0.426 e. The molecule has 0 spiro atoms. The van der Waals surface area contributed by atoms with Gasteiger partial charge in [-0.05, 0) is 11.6 Å². The average Bonchev–Trinajstić information content (AvgIpc) is 3.13. The Balaban J connectivity index is 1.51. The number of amides is 1. The van der Waals surface area contributed by atoms with E-state index in [2.05, 4.69) is 10.3 Å². The molecule has 5 rings (SSSR count). The maximum atomic E-state index is 13.2. The molecule has 3 heterocycles. The average molecular weight is 439 g/mol. The molecule has 1 aromatic heterocycles. The van der Waals surface area contributed by atoms with Gasteiger partial charge in [0.25, 0.3) is 0 Å². The fourth-order valence-electron chi connectivity index (χ4n) is 4.16. The van der Waals surface area contributed by atoms with Gasteiger partial charge in [-0.25, -0.2) is 0 Å². The van der Waals surface area contributed by atoms with E-state index >= 15 is 0 Å². The number of thiazole rings is 1. The van der Waals surface area contributed by atoms with E-state index in [1.54, 1.807) is 6.07 Å². The Kier molecular flexibility index (Phi) is 4.75. The van der Waals surface area contributed by atoms with E-state index in [-0.39, 0.29) is 17.2 Å². The van der Waals surface area contributed by atoms with Crippen LogP contribution in [0.2, 0.25) is 0 Å². The van der Waals surface area contributed by atoms with Crippen LogP contribution in [0.1, 0.15) is 28.3 Å². The van der Waals surface area contributed by atoms with Crippen molar-refractivity contribution in [3.63, 3.8) is 0 Å². The number of esters is 1. The van der Waals surface area contributed by atoms with Crippen LogP contribution in [-0.2, 0) is 16.1 Å². The maximum Gasteiger partial charge on any atom is 0.319 e. The van der Waals surface area contributed by atoms with Crippen molar-refractivity contribution in [3.8, 4) is 5.75 Å². The van der Waals surface area contributed by atoms with Crippen LogP contribution in [0, 0.1) is 5.41 Å². The highest BCUT2D eigenvalue weighted by molar-refractivity contribution is 7.99. The number of thioether (sulfide) groups is 1. The Morgan fingerprint density at radius 2 is 1.90 bits per heavy atom. The fourth-order valence-corrected chi connectivity index (χ4v) is 6.71. The Morgan fingerprint density at radius 1 is 1.13 bits per heavy atom. The molecule has 2 atom stereocenters. The summed E-state index contributed by atoms with van der Waals surface area (Å²) in [6.07, 6.45) is -0.00377. The number of nitrogens with one attached hydrogen (secondary N) is 2. The van der Waals surface area contributed by atoms with E-state index in [4.69, 9.17) is 4.74 Å². The first kappa shape index (κ1) is 19.1. The number of aromatic nitrogens is 1. The number of para-hydroxylation sites is 1. The smallest absolute Gasteiger partial charge is 0.319 e. The molecule has 0 unspecified atom stereocenters. The van der Waals surface area contributed by atoms with Gasteiger partial charge >= 0.3 is 10.8 Å². The quantitative estimate of drug-likeness (QED) is 0.482. The van der Waals surface area contributed by atoms with Gasteiger partial charge in [-0.3, -0.25) is 14.4 Å². The van der Waals surface area contributed by atoms with Crippen molar-refractivity contribution in [2.24, 2.45) is 5.41 Å². The Bertz CT molecular complexity index is 1190. The van der Waals surface area contributed by atoms with Gasteiger partial charge in [-0.1, -0.05) is 59.9 Å². The molecule has 0 bridgehead atoms. The standard InChI is InChI=1S/C22H18N2O4S2/c25-16(23-11-13-6-2-1-3-7-13)10-22-12-29-19-18(30-21(27)24-19)17(22)14-8-4-5-9-15(14)28-20(22)26/h1-9,17H,10-12H2,(H,23,25)(H,24,27)/t17-,22+/m1/s1. The summed E-state index contributed by atoms with van der Waals surface area (Å²) in [4.78, 5) is 41.7. The normalized spacial score (nSPS) is 21.7. The lowest BCUT2D eigenvalue weighted by molar-refractivity contribution is -0.150. The monoisotopic (exact) mass is 438 g/mol. The predicted molar refractivity (Wildman–Crippen MR) is 115 cm³/mol. The molecule has 30 heavy (non-hydrogen) atoms. The molecule has 6 nitrogen and oxygen atoms in total. The lowest BCUT2D eigenvalue weighted by Crippen LogP contribution is -2.50. The molecular formula is C22H18N2O4S2. The minimum absolute atomic E-state index is 0.00377. The first-order valence-electron chi connectivity index (χ1n) is 9.54. The van der Waals surface area contributed by atoms with Crippen molar-refractivity contribution in [3.05, 3.63) is 80.3 Å². The minimum Gasteiger partial charge on any atom is -0.426 e. The maximum absolute atomic E-state index is 13.2. The van der Waals surface area contributed by atoms with Crippen LogP contribution in [0.4, 0.5) is 0 Å². The van der Waals surface area contributed by atoms with Crippen molar-refractivity contribution in [1.82, 2.24) is 10.3 Å². The number of carbonyl (C=O) groups is 2. The number of hydrogen-bond donors (Lipinski definition) is 2. The second kappa shape index (κ2) is 7.45. The third-order valence-electron chi connectivity index (χ3n) is 5.58. The van der Waals surface area contributed by atoms with Crippen LogP contribution in [-0.4, -0.2) is 22.6 Å². The van der Waals surface area contributed by atoms with Gasteiger partial charge in [0.2, 0.25) is 5.91 Å². The van der Waals surface area contributed by atoms with Crippen molar-refractivity contribution in [2.75, 3.05) is 5.75 Å². The van der Waals surface area contributed by atoms with E-state index < -0.39 is 17.3 Å². The molecule has 152 valence electrons. The van der Waals surface area contributed by atoms with Gasteiger partial charge in [0.1, 0.15) is 5.75 Å². The third-order valence-corrected chi connectivity index (χ3v) is 7.93. The molecule has 2 N–H and O–H groups in total. The van der Waals surface area contributed by atoms with Gasteiger partial charge in [0, 0.05) is 35.1 Å². The zero-order valence-corrected chi connectivity index (χ0v) is 17.5. The number of aromatic amines is 1. The highest BCUT2D eigenvalue weighted by Crippen LogP contribution is 2.58. The summed E-state index contributed by atoms with van der Waals surface area (Å²) in [6.45, 7) is 0.391. The molecule has 0 fully saturated rings. The van der Waals surface area contributed by atoms with Crippen molar-refractivity contribution in [2.45, 2.75) is 23.9 Å². The molecule has 8 heteroatoms. The highest BCUT2D eigenvalue weighted by atomic mass is 32.2. The van der Waals surface area contributed by atoms with Gasteiger partial charge in [-0.2, -0.15) is 0 Å². The van der Waals surface area contributed by atoms with E-state index in [9.17, 15) is 14.4 Å². The fraction of sp³-hybridized carbons (Fsp3) is 0.227. The van der Waals surface area contributed by atoms with Crippen LogP contribution >= 0.6 is 23.1 Å². The second-order valence-corrected chi connectivity index (χ2v) is 9.45. The van der Waals surface area contributed by atoms with Gasteiger partial charge in [-0.15, -0.1) is 11.8 Å². The Hall–Kier alpha value is -2.84. The molecule has 0 saturated carbocycles. The van der Waals surface area contributed by atoms with Crippen molar-refractivity contribution >= 4 is 35.0 Å². The van der Waals surface area contributed by atoms with Crippen LogP contribution in [0.25, 0.3) is 0 Å². The number of H-pyrrole nitrogens is 1. The first-order valence-corrected chi connectivity index (χ1v) is 11.3. The molecule has 0 aliphatic carbocycles. The molecule has 3 aromatic rings. The zero-order valence-electron chi connectivity index (χ0n) is 15.8. The molecule has 2 aliphatic heterocycles. The lowest BCUT2D eigenvalue weighted by atomic mass is 9.68. The number of hydrogen-bond acceptors (Lipinski definition) is 6. The third kappa shape index (κ3) is 3.16. The van der Waals surface area contributed by atoms with Crippen LogP contribution < -0.4 is 14.9 Å². The summed E-state index contributed by atoms with van der Waals surface area (Å²) in [6, 6.07) is 17.0. The molecule has 2 aromatic carbocycles. The highest BCUT2D eigenvalue weighted by Gasteiger charge is 2.57. The SMILES string of the molecule is O=C(C[C@]12CSc3[nH]c(=O)sc3[C@H]1c1ccccc1OC2=O)NCc1ccccc1. The lowest BCUT2D eigenvalue weighted by Gasteiger charge is -2.44. The number of rotatable bonds is 4. The van der Waals surface area contributed by atoms with Crippen LogP contribution in [0.5, 0.6) is 5.75 Å². The summed E-state index contributed by atoms with van der Waals surface area (Å²) in [5.41, 5.74) is 0.767. The van der Waals surface area contributed by atoms with Gasteiger partial charge in [0.15, 0.2) is 0 Å². The number of carbonyl (C=O) groups excluding carboxylic acids is 2. The number of benzene rings is 2. The summed E-state index contributed by atoms with van der Waals surface area (Å²) in [5.74, 6) is -0.167. The summed E-state index contributed by atoms with van der Waals surface area (Å²) in [7, 11) is 0. The zero-order chi connectivity index (χ0) is 20.7. The summed E-state index contributed by atoms with van der Waals surface area (Å²) in [5, 5.41) is 3.70. The Labute approximate surface area is 180 Å². The molecule has 2 aliphatic rings. The van der Waals surface area contributed by atoms with E-state index in [1.807, 2.05) is 48.5 Å². The molecule has 1 amide bonds. The number of fused-ring (bicyclic) bond motifs is 5. The Morgan fingerprint density at radius 3 is 2.73 bits per heavy atom. The second-order valence-electron chi connectivity index (χ2n) is 7.45. The van der Waals surface area contributed by atoms with E-state index in [0.29, 0.717) is 18.0 Å². The van der Waals surface area contributed by atoms with Gasteiger partial charge in [0.05, 0.1) is 10.4 Å². The van der Waals surface area contributed by atoms with E-state index in [0.717, 1.165) is 32.4 Å².